The molecule has 2 heterocycles. The first-order valence-electron chi connectivity index (χ1n) is 6.19. The lowest BCUT2D eigenvalue weighted by Crippen LogP contribution is -2.14. The largest absolute Gasteiger partial charge is 0.481 e. The van der Waals surface area contributed by atoms with Crippen LogP contribution in [0.25, 0.3) is 0 Å². The molecule has 0 saturated heterocycles. The van der Waals surface area contributed by atoms with Gasteiger partial charge in [0.05, 0.1) is 39.1 Å². The van der Waals surface area contributed by atoms with Gasteiger partial charge in [-0.05, 0) is 19.1 Å². The predicted octanol–water partition coefficient (Wildman–Crippen LogP) is 3.22. The van der Waals surface area contributed by atoms with Crippen LogP contribution < -0.4 is 5.32 Å². The van der Waals surface area contributed by atoms with E-state index in [1.54, 1.807) is 6.07 Å². The molecule has 2 aromatic heterocycles. The van der Waals surface area contributed by atoms with Crippen molar-refractivity contribution in [2.45, 2.75) is 12.8 Å². The van der Waals surface area contributed by atoms with Crippen LogP contribution in [0.4, 0.5) is 5.69 Å². The summed E-state index contributed by atoms with van der Waals surface area (Å²) in [7, 11) is 0. The van der Waals surface area contributed by atoms with Crippen LogP contribution in [0, 0.1) is 0 Å². The molecular weight excluding hydrogens is 329 g/mol. The van der Waals surface area contributed by atoms with E-state index < -0.39 is 17.8 Å². The maximum atomic E-state index is 12.2. The van der Waals surface area contributed by atoms with Gasteiger partial charge in [-0.25, -0.2) is 0 Å². The van der Waals surface area contributed by atoms with Gasteiger partial charge in [-0.1, -0.05) is 23.2 Å². The lowest BCUT2D eigenvalue weighted by atomic mass is 10.1. The SMILES string of the molecule is CC(C(=O)O)c1ccc(NC(=O)c2c(Cl)cncc2Cl)cn1. The fraction of sp³-hybridized carbons (Fsp3) is 0.143. The minimum absolute atomic E-state index is 0.112. The lowest BCUT2D eigenvalue weighted by molar-refractivity contribution is -0.138. The summed E-state index contributed by atoms with van der Waals surface area (Å²) >= 11 is 11.8. The van der Waals surface area contributed by atoms with Crippen LogP contribution in [-0.4, -0.2) is 27.0 Å². The number of carbonyl (C=O) groups is 2. The third-order valence-corrected chi connectivity index (χ3v) is 3.51. The van der Waals surface area contributed by atoms with E-state index in [1.807, 2.05) is 0 Å². The molecule has 1 atom stereocenters. The van der Waals surface area contributed by atoms with E-state index >= 15 is 0 Å². The molecular formula is C14H11Cl2N3O3. The first kappa shape index (κ1) is 16.2. The molecule has 0 bridgehead atoms. The van der Waals surface area contributed by atoms with E-state index in [-0.39, 0.29) is 15.6 Å². The number of amides is 1. The summed E-state index contributed by atoms with van der Waals surface area (Å²) in [4.78, 5) is 30.8. The first-order chi connectivity index (χ1) is 10.4. The Kier molecular flexibility index (Phi) is 4.95. The summed E-state index contributed by atoms with van der Waals surface area (Å²) in [5.41, 5.74) is 0.905. The van der Waals surface area contributed by atoms with Crippen molar-refractivity contribution in [3.05, 3.63) is 52.0 Å². The molecule has 0 aliphatic carbocycles. The summed E-state index contributed by atoms with van der Waals surface area (Å²) in [5, 5.41) is 11.8. The first-order valence-corrected chi connectivity index (χ1v) is 6.95. The van der Waals surface area contributed by atoms with E-state index in [2.05, 4.69) is 15.3 Å². The highest BCUT2D eigenvalue weighted by Crippen LogP contribution is 2.24. The van der Waals surface area contributed by atoms with Crippen molar-refractivity contribution in [1.29, 1.82) is 0 Å². The van der Waals surface area contributed by atoms with Crippen LogP contribution >= 0.6 is 23.2 Å². The number of carbonyl (C=O) groups excluding carboxylic acids is 1. The number of pyridine rings is 2. The Morgan fingerprint density at radius 3 is 2.32 bits per heavy atom. The number of aromatic nitrogens is 2. The van der Waals surface area contributed by atoms with Crippen LogP contribution in [0.5, 0.6) is 0 Å². The highest BCUT2D eigenvalue weighted by atomic mass is 35.5. The fourth-order valence-corrected chi connectivity index (χ4v) is 2.22. The average molecular weight is 340 g/mol. The van der Waals surface area contributed by atoms with Gasteiger partial charge in [0.1, 0.15) is 0 Å². The van der Waals surface area contributed by atoms with E-state index in [0.29, 0.717) is 11.4 Å². The van der Waals surface area contributed by atoms with Gasteiger partial charge in [-0.2, -0.15) is 0 Å². The van der Waals surface area contributed by atoms with Gasteiger partial charge in [0.25, 0.3) is 5.91 Å². The van der Waals surface area contributed by atoms with Crippen molar-refractivity contribution in [2.24, 2.45) is 0 Å². The maximum Gasteiger partial charge on any atom is 0.312 e. The average Bonchev–Trinajstić information content (AvgIpc) is 2.47. The number of anilines is 1. The zero-order valence-corrected chi connectivity index (χ0v) is 12.9. The van der Waals surface area contributed by atoms with Gasteiger partial charge in [0.2, 0.25) is 0 Å². The normalized spacial score (nSPS) is 11.8. The van der Waals surface area contributed by atoms with Gasteiger partial charge in [-0.15, -0.1) is 0 Å². The molecule has 1 unspecified atom stereocenters. The second-order valence-corrected chi connectivity index (χ2v) is 5.28. The minimum Gasteiger partial charge on any atom is -0.481 e. The number of nitrogens with one attached hydrogen (secondary N) is 1. The predicted molar refractivity (Wildman–Crippen MR) is 82.5 cm³/mol. The summed E-state index contributed by atoms with van der Waals surface area (Å²) in [6.07, 6.45) is 4.01. The van der Waals surface area contributed by atoms with Gasteiger partial charge >= 0.3 is 5.97 Å². The molecule has 0 spiro atoms. The Morgan fingerprint density at radius 2 is 1.82 bits per heavy atom. The topological polar surface area (TPSA) is 92.2 Å². The number of carboxylic acids is 1. The molecule has 0 aliphatic rings. The molecule has 114 valence electrons. The maximum absolute atomic E-state index is 12.2. The van der Waals surface area contributed by atoms with E-state index in [1.165, 1.54) is 31.6 Å². The summed E-state index contributed by atoms with van der Waals surface area (Å²) < 4.78 is 0. The van der Waals surface area contributed by atoms with E-state index in [0.717, 1.165) is 0 Å². The zero-order valence-electron chi connectivity index (χ0n) is 11.4. The number of nitrogens with zero attached hydrogens (tertiary/aromatic N) is 2. The van der Waals surface area contributed by atoms with Crippen LogP contribution in [0.15, 0.2) is 30.7 Å². The van der Waals surface area contributed by atoms with Crippen molar-refractivity contribution in [1.82, 2.24) is 9.97 Å². The fourth-order valence-electron chi connectivity index (χ4n) is 1.68. The smallest absolute Gasteiger partial charge is 0.312 e. The molecule has 0 aliphatic heterocycles. The Balaban J connectivity index is 2.17. The summed E-state index contributed by atoms with van der Waals surface area (Å²) in [6.45, 7) is 1.53. The van der Waals surface area contributed by atoms with Crippen LogP contribution in [0.2, 0.25) is 10.0 Å². The Labute approximate surface area is 136 Å². The molecule has 22 heavy (non-hydrogen) atoms. The molecule has 6 nitrogen and oxygen atoms in total. The second kappa shape index (κ2) is 6.72. The highest BCUT2D eigenvalue weighted by Gasteiger charge is 2.17. The van der Waals surface area contributed by atoms with Gasteiger partial charge in [0.15, 0.2) is 0 Å². The van der Waals surface area contributed by atoms with Crippen LogP contribution in [0.3, 0.4) is 0 Å². The van der Waals surface area contributed by atoms with Crippen LogP contribution in [0.1, 0.15) is 28.9 Å². The molecule has 0 saturated carbocycles. The Bertz CT molecular complexity index is 700. The molecule has 0 aromatic carbocycles. The van der Waals surface area contributed by atoms with Crippen molar-refractivity contribution >= 4 is 40.8 Å². The van der Waals surface area contributed by atoms with Crippen LogP contribution in [-0.2, 0) is 4.79 Å². The zero-order chi connectivity index (χ0) is 16.3. The number of halogens is 2. The quantitative estimate of drug-likeness (QED) is 0.891. The molecule has 2 N–H and O–H groups in total. The highest BCUT2D eigenvalue weighted by molar-refractivity contribution is 6.40. The number of carboxylic acid groups (broad SMARTS) is 1. The second-order valence-electron chi connectivity index (χ2n) is 4.46. The number of hydrogen-bond donors (Lipinski definition) is 2. The lowest BCUT2D eigenvalue weighted by Gasteiger charge is -2.09. The number of aliphatic carboxylic acids is 1. The minimum atomic E-state index is -0.973. The van der Waals surface area contributed by atoms with Gasteiger partial charge in [0, 0.05) is 12.4 Å². The molecule has 0 fully saturated rings. The standard InChI is InChI=1S/C14H11Cl2N3O3/c1-7(14(21)22)11-3-2-8(4-18-11)19-13(20)12-9(15)5-17-6-10(12)16/h2-7H,1H3,(H,19,20)(H,21,22). The Morgan fingerprint density at radius 1 is 1.18 bits per heavy atom. The van der Waals surface area contributed by atoms with Crippen molar-refractivity contribution in [3.8, 4) is 0 Å². The van der Waals surface area contributed by atoms with Crippen molar-refractivity contribution in [3.63, 3.8) is 0 Å². The molecule has 2 aromatic rings. The molecule has 1 amide bonds. The Hall–Kier alpha value is -2.18. The van der Waals surface area contributed by atoms with E-state index in [4.69, 9.17) is 28.3 Å². The number of rotatable bonds is 4. The monoisotopic (exact) mass is 339 g/mol. The number of hydrogen-bond acceptors (Lipinski definition) is 4. The van der Waals surface area contributed by atoms with Gasteiger partial charge in [-0.3, -0.25) is 19.6 Å². The third-order valence-electron chi connectivity index (χ3n) is 2.94. The molecule has 2 rings (SSSR count). The van der Waals surface area contributed by atoms with E-state index in [9.17, 15) is 9.59 Å². The van der Waals surface area contributed by atoms with Crippen molar-refractivity contribution < 1.29 is 14.7 Å². The summed E-state index contributed by atoms with van der Waals surface area (Å²) in [6, 6.07) is 3.09. The molecule has 8 heteroatoms. The summed E-state index contributed by atoms with van der Waals surface area (Å²) in [5.74, 6) is -2.20. The van der Waals surface area contributed by atoms with Gasteiger partial charge < -0.3 is 10.4 Å². The third kappa shape index (κ3) is 3.52. The van der Waals surface area contributed by atoms with Crippen molar-refractivity contribution in [2.75, 3.05) is 5.32 Å². The molecule has 0 radical (unpaired) electrons.